The summed E-state index contributed by atoms with van der Waals surface area (Å²) in [6.07, 6.45) is 7.48. The molecule has 1 saturated heterocycles. The fourth-order valence-corrected chi connectivity index (χ4v) is 2.85. The van der Waals surface area contributed by atoms with Crippen molar-refractivity contribution in [2.45, 2.75) is 44.4 Å². The summed E-state index contributed by atoms with van der Waals surface area (Å²) in [6.45, 7) is 3.84. The van der Waals surface area contributed by atoms with E-state index in [1.807, 2.05) is 0 Å². The molecule has 2 fully saturated rings. The van der Waals surface area contributed by atoms with Gasteiger partial charge in [-0.15, -0.1) is 0 Å². The second-order valence-electron chi connectivity index (χ2n) is 5.44. The van der Waals surface area contributed by atoms with Crippen molar-refractivity contribution in [1.29, 1.82) is 0 Å². The molecule has 1 unspecified atom stereocenters. The molecule has 1 saturated carbocycles. The van der Waals surface area contributed by atoms with E-state index in [4.69, 9.17) is 9.47 Å². The molecule has 5 nitrogen and oxygen atoms in total. The van der Waals surface area contributed by atoms with Gasteiger partial charge in [-0.1, -0.05) is 12.8 Å². The van der Waals surface area contributed by atoms with Gasteiger partial charge in [0.1, 0.15) is 0 Å². The zero-order valence-electron chi connectivity index (χ0n) is 11.4. The van der Waals surface area contributed by atoms with Gasteiger partial charge in [0.15, 0.2) is 0 Å². The van der Waals surface area contributed by atoms with Gasteiger partial charge < -0.3 is 14.8 Å². The van der Waals surface area contributed by atoms with E-state index in [0.717, 1.165) is 25.4 Å². The van der Waals surface area contributed by atoms with Gasteiger partial charge in [-0.3, -0.25) is 4.68 Å². The highest BCUT2D eigenvalue weighted by Gasteiger charge is 2.18. The zero-order chi connectivity index (χ0) is 12.9. The third-order valence-electron chi connectivity index (χ3n) is 3.92. The summed E-state index contributed by atoms with van der Waals surface area (Å²) in [5.41, 5.74) is 1.02. The Morgan fingerprint density at radius 1 is 1.42 bits per heavy atom. The van der Waals surface area contributed by atoms with E-state index < -0.39 is 0 Å². The molecular weight excluding hydrogens is 242 g/mol. The number of morpholine rings is 1. The lowest BCUT2D eigenvalue weighted by molar-refractivity contribution is -0.0363. The van der Waals surface area contributed by atoms with Crippen LogP contribution in [0.3, 0.4) is 0 Å². The van der Waals surface area contributed by atoms with Gasteiger partial charge in [0.2, 0.25) is 0 Å². The van der Waals surface area contributed by atoms with Gasteiger partial charge in [-0.25, -0.2) is 0 Å². The van der Waals surface area contributed by atoms with Gasteiger partial charge in [-0.2, -0.15) is 5.10 Å². The van der Waals surface area contributed by atoms with Gasteiger partial charge >= 0.3 is 0 Å². The lowest BCUT2D eigenvalue weighted by Crippen LogP contribution is -2.40. The largest absolute Gasteiger partial charge is 0.373 e. The average Bonchev–Trinajstić information content (AvgIpc) is 3.10. The minimum Gasteiger partial charge on any atom is -0.373 e. The highest BCUT2D eigenvalue weighted by molar-refractivity contribution is 4.98. The van der Waals surface area contributed by atoms with Crippen molar-refractivity contribution in [3.8, 4) is 0 Å². The molecule has 106 valence electrons. The summed E-state index contributed by atoms with van der Waals surface area (Å²) in [7, 11) is 0. The summed E-state index contributed by atoms with van der Waals surface area (Å²) in [6, 6.07) is 2.68. The molecule has 1 N–H and O–H groups in total. The first-order valence-electron chi connectivity index (χ1n) is 7.36. The highest BCUT2D eigenvalue weighted by Crippen LogP contribution is 2.28. The Hall–Kier alpha value is -0.910. The van der Waals surface area contributed by atoms with E-state index in [2.05, 4.69) is 27.4 Å². The first-order chi connectivity index (χ1) is 9.42. The Morgan fingerprint density at radius 3 is 3.11 bits per heavy atom. The SMILES string of the molecule is c1cn(C2CCCC2)nc1COCC1CNCCO1. The monoisotopic (exact) mass is 265 g/mol. The van der Waals surface area contributed by atoms with Crippen LogP contribution in [0.5, 0.6) is 0 Å². The molecule has 1 aromatic rings. The Morgan fingerprint density at radius 2 is 2.32 bits per heavy atom. The molecule has 19 heavy (non-hydrogen) atoms. The lowest BCUT2D eigenvalue weighted by atomic mass is 10.3. The van der Waals surface area contributed by atoms with Crippen molar-refractivity contribution >= 4 is 0 Å². The van der Waals surface area contributed by atoms with Crippen LogP contribution in [-0.2, 0) is 16.1 Å². The zero-order valence-corrected chi connectivity index (χ0v) is 11.4. The molecule has 0 bridgehead atoms. The Labute approximate surface area is 114 Å². The van der Waals surface area contributed by atoms with Crippen LogP contribution in [0.25, 0.3) is 0 Å². The molecule has 0 amide bonds. The molecule has 1 atom stereocenters. The van der Waals surface area contributed by atoms with Gasteiger partial charge in [-0.05, 0) is 18.9 Å². The maximum Gasteiger partial charge on any atom is 0.0933 e. The van der Waals surface area contributed by atoms with E-state index in [0.29, 0.717) is 19.3 Å². The summed E-state index contributed by atoms with van der Waals surface area (Å²) >= 11 is 0. The molecule has 2 aliphatic rings. The highest BCUT2D eigenvalue weighted by atomic mass is 16.5. The number of nitrogens with one attached hydrogen (secondary N) is 1. The van der Waals surface area contributed by atoms with Crippen LogP contribution in [0, 0.1) is 0 Å². The number of hydrogen-bond donors (Lipinski definition) is 1. The molecule has 3 rings (SSSR count). The molecular formula is C14H23N3O2. The number of aromatic nitrogens is 2. The van der Waals surface area contributed by atoms with Crippen LogP contribution in [-0.4, -0.2) is 42.2 Å². The molecule has 5 heteroatoms. The molecule has 0 aromatic carbocycles. The minimum absolute atomic E-state index is 0.186. The topological polar surface area (TPSA) is 48.3 Å². The van der Waals surface area contributed by atoms with E-state index >= 15 is 0 Å². The predicted molar refractivity (Wildman–Crippen MR) is 72.0 cm³/mol. The van der Waals surface area contributed by atoms with Crippen molar-refractivity contribution in [2.75, 3.05) is 26.3 Å². The normalized spacial score (nSPS) is 24.9. The summed E-state index contributed by atoms with van der Waals surface area (Å²) in [4.78, 5) is 0. The smallest absolute Gasteiger partial charge is 0.0933 e. The first kappa shape index (κ1) is 13.1. The van der Waals surface area contributed by atoms with Crippen molar-refractivity contribution < 1.29 is 9.47 Å². The molecule has 1 aromatic heterocycles. The Balaban J connectivity index is 1.42. The molecule has 2 heterocycles. The van der Waals surface area contributed by atoms with Crippen LogP contribution < -0.4 is 5.32 Å². The third kappa shape index (κ3) is 3.55. The second kappa shape index (κ2) is 6.50. The van der Waals surface area contributed by atoms with Gasteiger partial charge in [0.25, 0.3) is 0 Å². The van der Waals surface area contributed by atoms with Crippen LogP contribution >= 0.6 is 0 Å². The average molecular weight is 265 g/mol. The number of hydrogen-bond acceptors (Lipinski definition) is 4. The predicted octanol–water partition coefficient (Wildman–Crippen LogP) is 1.50. The van der Waals surface area contributed by atoms with Gasteiger partial charge in [0, 0.05) is 19.3 Å². The molecule has 1 aliphatic carbocycles. The van der Waals surface area contributed by atoms with Crippen molar-refractivity contribution in [2.24, 2.45) is 0 Å². The molecule has 1 aliphatic heterocycles. The van der Waals surface area contributed by atoms with E-state index in [9.17, 15) is 0 Å². The molecule has 0 spiro atoms. The first-order valence-corrected chi connectivity index (χ1v) is 7.36. The maximum atomic E-state index is 5.69. The van der Waals surface area contributed by atoms with Crippen molar-refractivity contribution in [1.82, 2.24) is 15.1 Å². The standard InChI is InChI=1S/C14H23N3O2/c1-2-4-13(3-1)17-7-5-12(16-17)10-18-11-14-9-15-6-8-19-14/h5,7,13-15H,1-4,6,8-11H2. The van der Waals surface area contributed by atoms with Crippen molar-refractivity contribution in [3.63, 3.8) is 0 Å². The Bertz CT molecular complexity index is 382. The fraction of sp³-hybridized carbons (Fsp3) is 0.786. The quantitative estimate of drug-likeness (QED) is 0.876. The number of nitrogens with zero attached hydrogens (tertiary/aromatic N) is 2. The van der Waals surface area contributed by atoms with E-state index in [1.165, 1.54) is 25.7 Å². The van der Waals surface area contributed by atoms with Crippen LogP contribution in [0.1, 0.15) is 37.4 Å². The maximum absolute atomic E-state index is 5.69. The molecule has 0 radical (unpaired) electrons. The van der Waals surface area contributed by atoms with Crippen molar-refractivity contribution in [3.05, 3.63) is 18.0 Å². The van der Waals surface area contributed by atoms with Gasteiger partial charge in [0.05, 0.1) is 37.7 Å². The summed E-state index contributed by atoms with van der Waals surface area (Å²) < 4.78 is 13.4. The van der Waals surface area contributed by atoms with Crippen LogP contribution in [0.2, 0.25) is 0 Å². The lowest BCUT2D eigenvalue weighted by Gasteiger charge is -2.23. The third-order valence-corrected chi connectivity index (χ3v) is 3.92. The van der Waals surface area contributed by atoms with E-state index in [-0.39, 0.29) is 6.10 Å². The summed E-state index contributed by atoms with van der Waals surface area (Å²) in [5, 5.41) is 7.91. The van der Waals surface area contributed by atoms with Crippen LogP contribution in [0.4, 0.5) is 0 Å². The number of rotatable bonds is 5. The minimum atomic E-state index is 0.186. The van der Waals surface area contributed by atoms with E-state index in [1.54, 1.807) is 0 Å². The van der Waals surface area contributed by atoms with Crippen LogP contribution in [0.15, 0.2) is 12.3 Å². The summed E-state index contributed by atoms with van der Waals surface area (Å²) in [5.74, 6) is 0. The number of ether oxygens (including phenoxy) is 2. The fourth-order valence-electron chi connectivity index (χ4n) is 2.85. The Kier molecular flexibility index (Phi) is 4.48. The second-order valence-corrected chi connectivity index (χ2v) is 5.44.